The van der Waals surface area contributed by atoms with Gasteiger partial charge in [0.15, 0.2) is 0 Å². The third-order valence-electron chi connectivity index (χ3n) is 11.1. The highest BCUT2D eigenvalue weighted by molar-refractivity contribution is 6.35. The van der Waals surface area contributed by atoms with E-state index in [1.165, 1.54) is 12.1 Å². The van der Waals surface area contributed by atoms with Crippen molar-refractivity contribution >= 4 is 45.2 Å². The van der Waals surface area contributed by atoms with Crippen LogP contribution in [0.5, 0.6) is 5.75 Å². The minimum atomic E-state index is -5.38. The molecule has 2 fully saturated rings. The first-order chi connectivity index (χ1) is 26.8. The van der Waals surface area contributed by atoms with Crippen molar-refractivity contribution < 1.29 is 36.6 Å². The van der Waals surface area contributed by atoms with Crippen LogP contribution in [0.3, 0.4) is 0 Å². The number of benzene rings is 3. The van der Waals surface area contributed by atoms with E-state index in [1.54, 1.807) is 45.6 Å². The average molecular weight is 797 g/mol. The largest absolute Gasteiger partial charge is 0.493 e. The number of halogens is 5. The Morgan fingerprint density at radius 2 is 1.70 bits per heavy atom. The molecule has 0 aliphatic carbocycles. The highest BCUT2D eigenvalue weighted by Gasteiger charge is 2.43. The van der Waals surface area contributed by atoms with Crippen LogP contribution in [-0.4, -0.2) is 101 Å². The Balaban J connectivity index is 1.26. The zero-order valence-corrected chi connectivity index (χ0v) is 32.4. The summed E-state index contributed by atoms with van der Waals surface area (Å²) in [5.74, 6) is -3.81. The Bertz CT molecular complexity index is 2260. The molecular weight excluding hydrogens is 752 g/mol. The second kappa shape index (κ2) is 16.5. The molecule has 10 nitrogen and oxygen atoms in total. The van der Waals surface area contributed by atoms with Gasteiger partial charge in [-0.15, -0.1) is 0 Å². The lowest BCUT2D eigenvalue weighted by Crippen LogP contribution is -2.52. The second-order valence-corrected chi connectivity index (χ2v) is 15.0. The van der Waals surface area contributed by atoms with E-state index in [-0.39, 0.29) is 31.1 Å². The molecule has 0 radical (unpaired) electrons. The quantitative estimate of drug-likeness (QED) is 0.0648. The number of hydrogen-bond acceptors (Lipinski definition) is 8. The Morgan fingerprint density at radius 3 is 2.39 bits per heavy atom. The first-order valence-electron chi connectivity index (χ1n) is 19.0. The number of aryl methyl sites for hydroxylation is 3. The smallest absolute Gasteiger partial charge is 0.491 e. The van der Waals surface area contributed by atoms with Crippen molar-refractivity contribution in [2.45, 2.75) is 58.3 Å². The molecule has 298 valence electrons. The summed E-state index contributed by atoms with van der Waals surface area (Å²) in [5.41, 5.74) is 3.64. The number of ether oxygens (including phenoxy) is 2. The van der Waals surface area contributed by atoms with Gasteiger partial charge < -0.3 is 24.3 Å². The van der Waals surface area contributed by atoms with Gasteiger partial charge in [-0.3, -0.25) is 9.58 Å². The van der Waals surface area contributed by atoms with Crippen LogP contribution < -0.4 is 10.1 Å². The molecule has 5 aromatic rings. The van der Waals surface area contributed by atoms with Crippen LogP contribution in [0.1, 0.15) is 46.7 Å². The Labute approximate surface area is 327 Å². The van der Waals surface area contributed by atoms with Crippen LogP contribution in [0.15, 0.2) is 48.5 Å². The zero-order valence-electron chi connectivity index (χ0n) is 31.6. The lowest BCUT2D eigenvalue weighted by Gasteiger charge is -2.40. The first kappa shape index (κ1) is 39.7. The van der Waals surface area contributed by atoms with Crippen molar-refractivity contribution in [3.8, 4) is 16.9 Å². The molecule has 0 bridgehead atoms. The number of carbonyl (C=O) groups is 2. The van der Waals surface area contributed by atoms with Crippen molar-refractivity contribution in [2.24, 2.45) is 7.05 Å². The van der Waals surface area contributed by atoms with Gasteiger partial charge in [-0.2, -0.15) is 18.3 Å². The van der Waals surface area contributed by atoms with Gasteiger partial charge in [-0.1, -0.05) is 29.8 Å². The maximum Gasteiger partial charge on any atom is 0.491 e. The maximum absolute atomic E-state index is 14.0. The summed E-state index contributed by atoms with van der Waals surface area (Å²) in [5, 5.41) is 10.4. The molecule has 4 heterocycles. The number of piperidine rings is 1. The van der Waals surface area contributed by atoms with Gasteiger partial charge in [-0.25, -0.2) is 14.0 Å². The maximum atomic E-state index is 14.0. The Morgan fingerprint density at radius 1 is 0.964 bits per heavy atom. The van der Waals surface area contributed by atoms with E-state index in [0.29, 0.717) is 62.9 Å². The highest BCUT2D eigenvalue weighted by atomic mass is 35.5. The van der Waals surface area contributed by atoms with Gasteiger partial charge >= 0.3 is 18.1 Å². The van der Waals surface area contributed by atoms with Gasteiger partial charge in [0, 0.05) is 80.0 Å². The van der Waals surface area contributed by atoms with Crippen LogP contribution in [0, 0.1) is 19.7 Å². The fourth-order valence-electron chi connectivity index (χ4n) is 8.34. The van der Waals surface area contributed by atoms with E-state index < -0.39 is 18.1 Å². The van der Waals surface area contributed by atoms with E-state index in [1.807, 2.05) is 20.9 Å². The molecule has 2 aromatic heterocycles. The molecule has 3 aromatic carbocycles. The van der Waals surface area contributed by atoms with Crippen LogP contribution >= 0.6 is 11.6 Å². The fourth-order valence-corrected chi connectivity index (χ4v) is 8.59. The topological polar surface area (TPSA) is 93.9 Å². The third kappa shape index (κ3) is 8.15. The molecule has 2 aliphatic heterocycles. The molecule has 2 aliphatic rings. The van der Waals surface area contributed by atoms with Crippen molar-refractivity contribution in [3.63, 3.8) is 0 Å². The number of piperazine rings is 1. The van der Waals surface area contributed by atoms with E-state index in [4.69, 9.17) is 16.3 Å². The fraction of sp³-hybridized carbons (Fsp3) is 0.439. The minimum absolute atomic E-state index is 0.142. The summed E-state index contributed by atoms with van der Waals surface area (Å²) in [7, 11) is 1.81. The summed E-state index contributed by atoms with van der Waals surface area (Å²) in [4.78, 5) is 31.0. The lowest BCUT2D eigenvalue weighted by atomic mass is 9.98. The molecule has 1 N–H and O–H groups in total. The highest BCUT2D eigenvalue weighted by Crippen LogP contribution is 2.42. The number of alkyl halides is 3. The van der Waals surface area contributed by atoms with Crippen molar-refractivity contribution in [1.29, 1.82) is 0 Å². The molecule has 2 saturated heterocycles. The van der Waals surface area contributed by atoms with Crippen molar-refractivity contribution in [3.05, 3.63) is 82.0 Å². The SMILES string of the molecule is Cc1nn(C)c(C)c1-c1c(Cl)ccc2c(CCCOc3cccc4cc(F)ccc34)c(C(=O)OC(=O)C(F)(F)F)n(CCN3CCC(N4CCNCC4)CC3)c12. The summed E-state index contributed by atoms with van der Waals surface area (Å²) in [6.45, 7) is 10.2. The molecule has 0 amide bonds. The van der Waals surface area contributed by atoms with E-state index >= 15 is 0 Å². The van der Waals surface area contributed by atoms with E-state index in [0.717, 1.165) is 68.8 Å². The number of carbonyl (C=O) groups excluding carboxylic acids is 2. The molecule has 0 unspecified atom stereocenters. The number of fused-ring (bicyclic) bond motifs is 2. The molecule has 0 atom stereocenters. The summed E-state index contributed by atoms with van der Waals surface area (Å²) >= 11 is 7.01. The van der Waals surface area contributed by atoms with Gasteiger partial charge in [0.1, 0.15) is 17.3 Å². The second-order valence-electron chi connectivity index (χ2n) is 14.6. The van der Waals surface area contributed by atoms with Gasteiger partial charge in [0.2, 0.25) is 0 Å². The Hall–Kier alpha value is -4.50. The van der Waals surface area contributed by atoms with Gasteiger partial charge in [-0.05, 0) is 93.9 Å². The Kier molecular flexibility index (Phi) is 11.7. The lowest BCUT2D eigenvalue weighted by molar-refractivity contribution is -0.193. The normalized spacial score (nSPS) is 16.2. The van der Waals surface area contributed by atoms with E-state index in [2.05, 4.69) is 25.0 Å². The first-order valence-corrected chi connectivity index (χ1v) is 19.3. The minimum Gasteiger partial charge on any atom is -0.493 e. The third-order valence-corrected chi connectivity index (χ3v) is 11.5. The van der Waals surface area contributed by atoms with Crippen LogP contribution in [0.2, 0.25) is 5.02 Å². The monoisotopic (exact) mass is 796 g/mol. The van der Waals surface area contributed by atoms with Gasteiger partial charge in [0.25, 0.3) is 0 Å². The summed E-state index contributed by atoms with van der Waals surface area (Å²) < 4.78 is 68.7. The number of rotatable bonds is 11. The standard InChI is InChI=1S/C41H45ClF4N6O4/c1-25-35(26(2)49(3)48-25)36-33(42)12-11-32-31(7-5-23-55-34-8-4-6-27-24-28(43)9-10-30(27)34)38(39(53)56-40(54)41(44,45)46)52(37(32)36)22-21-50-17-13-29(14-18-50)51-19-15-47-16-20-51/h4,6,8-12,24,29,47H,5,7,13-23H2,1-3H3. The number of nitrogens with one attached hydrogen (secondary N) is 1. The number of esters is 2. The molecule has 56 heavy (non-hydrogen) atoms. The average Bonchev–Trinajstić information content (AvgIpc) is 3.62. The predicted octanol–water partition coefficient (Wildman–Crippen LogP) is 7.23. The van der Waals surface area contributed by atoms with Crippen LogP contribution in [0.25, 0.3) is 32.8 Å². The number of hydrogen-bond donors (Lipinski definition) is 1. The predicted molar refractivity (Wildman–Crippen MR) is 207 cm³/mol. The number of aromatic nitrogens is 3. The molecule has 7 rings (SSSR count). The van der Waals surface area contributed by atoms with Crippen molar-refractivity contribution in [2.75, 3.05) is 52.4 Å². The van der Waals surface area contributed by atoms with Gasteiger partial charge in [0.05, 0.1) is 22.8 Å². The summed E-state index contributed by atoms with van der Waals surface area (Å²) in [6, 6.07) is 13.7. The van der Waals surface area contributed by atoms with Crippen LogP contribution in [0.4, 0.5) is 17.6 Å². The zero-order chi connectivity index (χ0) is 39.7. The molecule has 0 saturated carbocycles. The number of nitrogens with zero attached hydrogens (tertiary/aromatic N) is 5. The molecule has 0 spiro atoms. The summed E-state index contributed by atoms with van der Waals surface area (Å²) in [6.07, 6.45) is -2.90. The molecular formula is C41H45ClF4N6O4. The molecule has 15 heteroatoms. The number of likely N-dealkylation sites (tertiary alicyclic amines) is 1. The van der Waals surface area contributed by atoms with Crippen molar-refractivity contribution in [1.82, 2.24) is 29.5 Å². The van der Waals surface area contributed by atoms with Crippen LogP contribution in [-0.2, 0) is 29.5 Å². The van der Waals surface area contributed by atoms with E-state index in [9.17, 15) is 27.2 Å².